The highest BCUT2D eigenvalue weighted by Gasteiger charge is 2.27. The number of carbonyl (C=O) groups is 1. The van der Waals surface area contributed by atoms with Gasteiger partial charge in [0.2, 0.25) is 0 Å². The largest absolute Gasteiger partial charge is 0.467 e. The van der Waals surface area contributed by atoms with Gasteiger partial charge in [-0.2, -0.15) is 13.2 Å². The molecule has 94 valence electrons. The van der Waals surface area contributed by atoms with Crippen LogP contribution in [0.1, 0.15) is 10.4 Å². The molecule has 0 aliphatic carbocycles. The van der Waals surface area contributed by atoms with E-state index < -0.39 is 25.4 Å². The third kappa shape index (κ3) is 4.81. The van der Waals surface area contributed by atoms with Crippen molar-refractivity contribution >= 4 is 6.29 Å². The summed E-state index contributed by atoms with van der Waals surface area (Å²) in [5.74, 6) is -0.681. The fourth-order valence-electron chi connectivity index (χ4n) is 1.01. The molecule has 7 heteroatoms. The summed E-state index contributed by atoms with van der Waals surface area (Å²) in [5.41, 5.74) is -0.0967. The van der Waals surface area contributed by atoms with Gasteiger partial charge in [0.25, 0.3) is 0 Å². The van der Waals surface area contributed by atoms with Crippen molar-refractivity contribution in [1.29, 1.82) is 0 Å². The van der Waals surface area contributed by atoms with E-state index in [1.54, 1.807) is 0 Å². The van der Waals surface area contributed by atoms with Crippen LogP contribution in [-0.2, 0) is 4.74 Å². The number of halogens is 4. The molecule has 0 spiro atoms. The molecule has 0 saturated heterocycles. The molecule has 0 radical (unpaired) electrons. The zero-order valence-corrected chi connectivity index (χ0v) is 8.46. The Bertz CT molecular complexity index is 390. The van der Waals surface area contributed by atoms with Gasteiger partial charge in [0, 0.05) is 0 Å². The van der Waals surface area contributed by atoms with Crippen molar-refractivity contribution in [3.63, 3.8) is 0 Å². The van der Waals surface area contributed by atoms with E-state index in [-0.39, 0.29) is 11.3 Å². The molecule has 0 fully saturated rings. The Kier molecular flexibility index (Phi) is 4.45. The highest BCUT2D eigenvalue weighted by atomic mass is 19.4. The van der Waals surface area contributed by atoms with Crippen LogP contribution in [0.3, 0.4) is 0 Å². The molecule has 0 unspecified atom stereocenters. The molecule has 0 N–H and O–H groups in total. The molecule has 0 saturated carbocycles. The lowest BCUT2D eigenvalue weighted by Crippen LogP contribution is -2.19. The zero-order valence-electron chi connectivity index (χ0n) is 8.46. The van der Waals surface area contributed by atoms with Gasteiger partial charge in [0.05, 0.1) is 5.56 Å². The maximum absolute atomic E-state index is 12.7. The van der Waals surface area contributed by atoms with Crippen LogP contribution >= 0.6 is 0 Å². The SMILES string of the molecule is O=Cc1cc(F)ccc1OCOCC(F)(F)F. The molecular weight excluding hydrogens is 244 g/mol. The minimum absolute atomic E-state index is 0.0384. The average Bonchev–Trinajstić information content (AvgIpc) is 2.24. The fourth-order valence-corrected chi connectivity index (χ4v) is 1.01. The summed E-state index contributed by atoms with van der Waals surface area (Å²) in [6.07, 6.45) is -4.11. The standard InChI is InChI=1S/C10H8F4O3/c11-8-1-2-9(7(3-8)4-15)17-6-16-5-10(12,13)14/h1-4H,5-6H2. The Morgan fingerprint density at radius 2 is 2.00 bits per heavy atom. The summed E-state index contributed by atoms with van der Waals surface area (Å²) in [4.78, 5) is 10.5. The van der Waals surface area contributed by atoms with Gasteiger partial charge in [-0.1, -0.05) is 0 Å². The highest BCUT2D eigenvalue weighted by Crippen LogP contribution is 2.18. The number of aldehydes is 1. The first-order chi connectivity index (χ1) is 7.92. The van der Waals surface area contributed by atoms with E-state index in [1.165, 1.54) is 0 Å². The molecule has 3 nitrogen and oxygen atoms in total. The van der Waals surface area contributed by atoms with E-state index in [0.29, 0.717) is 6.29 Å². The molecule has 1 aromatic carbocycles. The minimum atomic E-state index is -4.44. The van der Waals surface area contributed by atoms with Gasteiger partial charge in [-0.15, -0.1) is 0 Å². The summed E-state index contributed by atoms with van der Waals surface area (Å²) in [6, 6.07) is 3.06. The predicted molar refractivity (Wildman–Crippen MR) is 49.3 cm³/mol. The molecule has 0 heterocycles. The normalized spacial score (nSPS) is 11.3. The summed E-state index contributed by atoms with van der Waals surface area (Å²) in [6.45, 7) is -2.13. The van der Waals surface area contributed by atoms with Crippen LogP contribution in [-0.4, -0.2) is 25.9 Å². The van der Waals surface area contributed by atoms with Gasteiger partial charge in [0.1, 0.15) is 18.2 Å². The third-order valence-corrected chi connectivity index (χ3v) is 1.66. The lowest BCUT2D eigenvalue weighted by molar-refractivity contribution is -0.186. The summed E-state index contributed by atoms with van der Waals surface area (Å²) >= 11 is 0. The fraction of sp³-hybridized carbons (Fsp3) is 0.300. The Labute approximate surface area is 93.9 Å². The van der Waals surface area contributed by atoms with Crippen molar-refractivity contribution in [1.82, 2.24) is 0 Å². The van der Waals surface area contributed by atoms with Gasteiger partial charge in [-0.05, 0) is 18.2 Å². The van der Waals surface area contributed by atoms with Crippen molar-refractivity contribution in [3.05, 3.63) is 29.6 Å². The third-order valence-electron chi connectivity index (χ3n) is 1.66. The first kappa shape index (κ1) is 13.4. The molecular formula is C10H8F4O3. The second-order valence-corrected chi connectivity index (χ2v) is 3.03. The molecule has 17 heavy (non-hydrogen) atoms. The van der Waals surface area contributed by atoms with E-state index in [1.807, 2.05) is 0 Å². The first-order valence-corrected chi connectivity index (χ1v) is 4.44. The second kappa shape index (κ2) is 5.62. The number of hydrogen-bond donors (Lipinski definition) is 0. The Balaban J connectivity index is 2.49. The van der Waals surface area contributed by atoms with Crippen LogP contribution in [0, 0.1) is 5.82 Å². The average molecular weight is 252 g/mol. The summed E-state index contributed by atoms with van der Waals surface area (Å²) < 4.78 is 56.7. The van der Waals surface area contributed by atoms with Crippen molar-refractivity contribution in [2.24, 2.45) is 0 Å². The van der Waals surface area contributed by atoms with Gasteiger partial charge in [0.15, 0.2) is 13.1 Å². The van der Waals surface area contributed by atoms with E-state index >= 15 is 0 Å². The molecule has 0 aliphatic heterocycles. The van der Waals surface area contributed by atoms with Gasteiger partial charge in [-0.25, -0.2) is 4.39 Å². The van der Waals surface area contributed by atoms with Crippen molar-refractivity contribution in [2.45, 2.75) is 6.18 Å². The summed E-state index contributed by atoms with van der Waals surface area (Å²) in [5, 5.41) is 0. The monoisotopic (exact) mass is 252 g/mol. The number of alkyl halides is 3. The topological polar surface area (TPSA) is 35.5 Å². The van der Waals surface area contributed by atoms with Crippen LogP contribution in [0.2, 0.25) is 0 Å². The molecule has 1 aromatic rings. The van der Waals surface area contributed by atoms with E-state index in [0.717, 1.165) is 18.2 Å². The molecule has 0 aliphatic rings. The zero-order chi connectivity index (χ0) is 12.9. The summed E-state index contributed by atoms with van der Waals surface area (Å²) in [7, 11) is 0. The molecule has 0 amide bonds. The molecule has 0 bridgehead atoms. The molecule has 1 rings (SSSR count). The van der Waals surface area contributed by atoms with Crippen LogP contribution < -0.4 is 4.74 Å². The maximum Gasteiger partial charge on any atom is 0.411 e. The number of benzene rings is 1. The quantitative estimate of drug-likeness (QED) is 0.349. The van der Waals surface area contributed by atoms with Crippen LogP contribution in [0.15, 0.2) is 18.2 Å². The first-order valence-electron chi connectivity index (χ1n) is 4.44. The Morgan fingerprint density at radius 1 is 1.29 bits per heavy atom. The van der Waals surface area contributed by atoms with Crippen LogP contribution in [0.25, 0.3) is 0 Å². The number of ether oxygens (including phenoxy) is 2. The second-order valence-electron chi connectivity index (χ2n) is 3.03. The van der Waals surface area contributed by atoms with Gasteiger partial charge in [-0.3, -0.25) is 4.79 Å². The number of rotatable bonds is 5. The van der Waals surface area contributed by atoms with Crippen molar-refractivity contribution < 1.29 is 31.8 Å². The molecule has 0 atom stereocenters. The maximum atomic E-state index is 12.7. The number of carbonyl (C=O) groups excluding carboxylic acids is 1. The van der Waals surface area contributed by atoms with Crippen molar-refractivity contribution in [3.8, 4) is 5.75 Å². The van der Waals surface area contributed by atoms with Crippen molar-refractivity contribution in [2.75, 3.05) is 13.4 Å². The van der Waals surface area contributed by atoms with Crippen LogP contribution in [0.4, 0.5) is 17.6 Å². The lowest BCUT2D eigenvalue weighted by Gasteiger charge is -2.10. The van der Waals surface area contributed by atoms with Crippen LogP contribution in [0.5, 0.6) is 5.75 Å². The van der Waals surface area contributed by atoms with E-state index in [9.17, 15) is 22.4 Å². The minimum Gasteiger partial charge on any atom is -0.467 e. The lowest BCUT2D eigenvalue weighted by atomic mass is 10.2. The Morgan fingerprint density at radius 3 is 2.59 bits per heavy atom. The van der Waals surface area contributed by atoms with Gasteiger partial charge >= 0.3 is 6.18 Å². The van der Waals surface area contributed by atoms with E-state index in [4.69, 9.17) is 4.74 Å². The highest BCUT2D eigenvalue weighted by molar-refractivity contribution is 5.79. The number of hydrogen-bond acceptors (Lipinski definition) is 3. The predicted octanol–water partition coefficient (Wildman–Crippen LogP) is 2.55. The molecule has 0 aromatic heterocycles. The van der Waals surface area contributed by atoms with Gasteiger partial charge < -0.3 is 9.47 Å². The smallest absolute Gasteiger partial charge is 0.411 e. The Hall–Kier alpha value is -1.63. The van der Waals surface area contributed by atoms with E-state index in [2.05, 4.69) is 4.74 Å².